The summed E-state index contributed by atoms with van der Waals surface area (Å²) in [6, 6.07) is 17.8. The van der Waals surface area contributed by atoms with Crippen LogP contribution in [0.1, 0.15) is 5.56 Å². The summed E-state index contributed by atoms with van der Waals surface area (Å²) in [6.07, 6.45) is 5.69. The minimum absolute atomic E-state index is 0.499. The number of rotatable bonds is 0. The predicted molar refractivity (Wildman–Crippen MR) is 101 cm³/mol. The van der Waals surface area contributed by atoms with Gasteiger partial charge in [0.15, 0.2) is 0 Å². The summed E-state index contributed by atoms with van der Waals surface area (Å²) in [5.74, 6) is 1.36. The van der Waals surface area contributed by atoms with Crippen LogP contribution in [0.15, 0.2) is 72.9 Å². The van der Waals surface area contributed by atoms with Crippen molar-refractivity contribution < 1.29 is 9.47 Å². The predicted octanol–water partition coefficient (Wildman–Crippen LogP) is 4.35. The number of nitrogens with zero attached hydrogens (tertiary/aromatic N) is 2. The fourth-order valence-corrected chi connectivity index (χ4v) is 2.72. The Kier molecular flexibility index (Phi) is 4.89. The molecule has 0 fully saturated rings. The van der Waals surface area contributed by atoms with Gasteiger partial charge in [-0.1, -0.05) is 30.3 Å². The Hall–Kier alpha value is -3.18. The molecule has 0 aliphatic carbocycles. The van der Waals surface area contributed by atoms with Crippen molar-refractivity contribution in [3.63, 3.8) is 0 Å². The van der Waals surface area contributed by atoms with Gasteiger partial charge in [-0.25, -0.2) is 9.97 Å². The molecule has 1 aliphatic heterocycles. The van der Waals surface area contributed by atoms with Crippen LogP contribution in [0.25, 0.3) is 11.3 Å². The number of ether oxygens (including phenoxy) is 2. The second-order valence-electron chi connectivity index (χ2n) is 5.92. The van der Waals surface area contributed by atoms with Crippen LogP contribution in [0, 0.1) is 0 Å². The summed E-state index contributed by atoms with van der Waals surface area (Å²) in [5, 5.41) is 3.26. The second-order valence-corrected chi connectivity index (χ2v) is 5.92. The van der Waals surface area contributed by atoms with E-state index in [1.54, 1.807) is 6.20 Å². The molecule has 0 unspecified atom stereocenters. The number of anilines is 2. The summed E-state index contributed by atoms with van der Waals surface area (Å²) in [6.45, 7) is 1.59. The van der Waals surface area contributed by atoms with Gasteiger partial charge in [-0.15, -0.1) is 0 Å². The molecule has 6 bridgehead atoms. The minimum atomic E-state index is 0.499. The van der Waals surface area contributed by atoms with Crippen LogP contribution in [0.5, 0.6) is 5.75 Å². The highest BCUT2D eigenvalue weighted by Gasteiger charge is 2.05. The zero-order valence-corrected chi connectivity index (χ0v) is 14.3. The van der Waals surface area contributed by atoms with Gasteiger partial charge in [-0.2, -0.15) is 0 Å². The summed E-state index contributed by atoms with van der Waals surface area (Å²) in [4.78, 5) is 8.95. The molecule has 5 nitrogen and oxygen atoms in total. The molecule has 2 aromatic carbocycles. The third kappa shape index (κ3) is 4.07. The second kappa shape index (κ2) is 7.80. The summed E-state index contributed by atoms with van der Waals surface area (Å²) >= 11 is 0. The van der Waals surface area contributed by atoms with E-state index >= 15 is 0 Å². The molecule has 26 heavy (non-hydrogen) atoms. The third-order valence-electron chi connectivity index (χ3n) is 3.96. The molecule has 2 heterocycles. The van der Waals surface area contributed by atoms with Gasteiger partial charge in [-0.05, 0) is 42.0 Å². The van der Waals surface area contributed by atoms with Gasteiger partial charge in [0, 0.05) is 17.4 Å². The normalized spacial score (nSPS) is 15.2. The van der Waals surface area contributed by atoms with E-state index in [1.165, 1.54) is 0 Å². The zero-order chi connectivity index (χ0) is 17.6. The van der Waals surface area contributed by atoms with Crippen molar-refractivity contribution in [2.24, 2.45) is 0 Å². The molecule has 0 radical (unpaired) electrons. The number of hydrogen-bond acceptors (Lipinski definition) is 5. The van der Waals surface area contributed by atoms with Gasteiger partial charge in [0.1, 0.15) is 12.4 Å². The molecule has 0 saturated carbocycles. The van der Waals surface area contributed by atoms with Crippen molar-refractivity contribution in [1.82, 2.24) is 9.97 Å². The van der Waals surface area contributed by atoms with Crippen LogP contribution in [0.2, 0.25) is 0 Å². The van der Waals surface area contributed by atoms with Crippen LogP contribution in [0.4, 0.5) is 11.6 Å². The number of aromatic nitrogens is 2. The number of nitrogens with one attached hydrogen (secondary N) is 1. The molecule has 130 valence electrons. The molecule has 3 aromatic rings. The zero-order valence-electron chi connectivity index (χ0n) is 14.3. The lowest BCUT2D eigenvalue weighted by atomic mass is 10.1. The Bertz CT molecular complexity index is 924. The van der Waals surface area contributed by atoms with Crippen LogP contribution in [0.3, 0.4) is 0 Å². The Morgan fingerprint density at radius 1 is 0.923 bits per heavy atom. The van der Waals surface area contributed by atoms with Crippen LogP contribution >= 0.6 is 0 Å². The van der Waals surface area contributed by atoms with Crippen molar-refractivity contribution in [1.29, 1.82) is 0 Å². The van der Waals surface area contributed by atoms with Gasteiger partial charge in [0.25, 0.3) is 0 Å². The van der Waals surface area contributed by atoms with Crippen molar-refractivity contribution >= 4 is 11.6 Å². The van der Waals surface area contributed by atoms with E-state index in [9.17, 15) is 0 Å². The largest absolute Gasteiger partial charge is 0.490 e. The maximum Gasteiger partial charge on any atom is 0.227 e. The molecular weight excluding hydrogens is 326 g/mol. The first-order chi connectivity index (χ1) is 12.9. The van der Waals surface area contributed by atoms with E-state index in [0.29, 0.717) is 25.8 Å². The van der Waals surface area contributed by atoms with E-state index in [4.69, 9.17) is 9.47 Å². The molecule has 0 amide bonds. The fourth-order valence-electron chi connectivity index (χ4n) is 2.72. The molecule has 0 spiro atoms. The standard InChI is InChI=1S/C21H19N3O2/c1-2-12-26-19-8-4-6-17(14-19)20-9-10-22-21(24-20)23-18-7-3-5-16(13-18)15-25-11-1/h1-10,13-14H,11-12,15H2,(H,22,23,24)/b2-1+. The summed E-state index contributed by atoms with van der Waals surface area (Å²) in [7, 11) is 0. The Balaban J connectivity index is 1.70. The minimum Gasteiger partial charge on any atom is -0.490 e. The summed E-state index contributed by atoms with van der Waals surface area (Å²) < 4.78 is 11.5. The highest BCUT2D eigenvalue weighted by molar-refractivity contribution is 5.63. The fraction of sp³-hybridized carbons (Fsp3) is 0.143. The highest BCUT2D eigenvalue weighted by atomic mass is 16.5. The van der Waals surface area contributed by atoms with Crippen molar-refractivity contribution in [3.05, 3.63) is 78.5 Å². The topological polar surface area (TPSA) is 56.3 Å². The average molecular weight is 345 g/mol. The lowest BCUT2D eigenvalue weighted by Gasteiger charge is -2.09. The lowest BCUT2D eigenvalue weighted by Crippen LogP contribution is -1.99. The Labute approximate surface area is 152 Å². The van der Waals surface area contributed by atoms with E-state index in [0.717, 1.165) is 28.3 Å². The van der Waals surface area contributed by atoms with Crippen molar-refractivity contribution in [2.75, 3.05) is 18.5 Å². The van der Waals surface area contributed by atoms with Crippen LogP contribution in [-0.4, -0.2) is 23.2 Å². The van der Waals surface area contributed by atoms with Crippen LogP contribution < -0.4 is 10.1 Å². The number of hydrogen-bond donors (Lipinski definition) is 1. The average Bonchev–Trinajstić information content (AvgIpc) is 2.67. The van der Waals surface area contributed by atoms with Gasteiger partial charge < -0.3 is 14.8 Å². The van der Waals surface area contributed by atoms with Crippen molar-refractivity contribution in [2.45, 2.75) is 6.61 Å². The first-order valence-corrected chi connectivity index (χ1v) is 8.52. The highest BCUT2D eigenvalue weighted by Crippen LogP contribution is 2.24. The molecule has 1 aliphatic rings. The maximum atomic E-state index is 5.78. The molecule has 0 atom stereocenters. The first kappa shape index (κ1) is 16.3. The number of fused-ring (bicyclic) bond motifs is 7. The smallest absolute Gasteiger partial charge is 0.227 e. The quantitative estimate of drug-likeness (QED) is 0.614. The van der Waals surface area contributed by atoms with Gasteiger partial charge >= 0.3 is 0 Å². The Morgan fingerprint density at radius 3 is 2.85 bits per heavy atom. The molecule has 1 aromatic heterocycles. The van der Waals surface area contributed by atoms with Gasteiger partial charge in [0.2, 0.25) is 5.95 Å². The van der Waals surface area contributed by atoms with E-state index < -0.39 is 0 Å². The van der Waals surface area contributed by atoms with E-state index in [1.807, 2.05) is 66.7 Å². The van der Waals surface area contributed by atoms with Crippen LogP contribution in [-0.2, 0) is 11.3 Å². The molecule has 4 rings (SSSR count). The molecular formula is C21H19N3O2. The first-order valence-electron chi connectivity index (χ1n) is 8.52. The molecule has 0 saturated heterocycles. The SMILES string of the molecule is C1=C/COc2cccc(c2)-c2ccnc(n2)Nc2cccc(c2)COC/1. The number of benzene rings is 2. The van der Waals surface area contributed by atoms with E-state index in [2.05, 4.69) is 15.3 Å². The van der Waals surface area contributed by atoms with E-state index in [-0.39, 0.29) is 0 Å². The van der Waals surface area contributed by atoms with Crippen molar-refractivity contribution in [3.8, 4) is 17.0 Å². The molecule has 5 heteroatoms. The molecule has 1 N–H and O–H groups in total. The third-order valence-corrected chi connectivity index (χ3v) is 3.96. The Morgan fingerprint density at radius 2 is 1.85 bits per heavy atom. The summed E-state index contributed by atoms with van der Waals surface area (Å²) in [5.41, 5.74) is 3.84. The van der Waals surface area contributed by atoms with Gasteiger partial charge in [0.05, 0.1) is 18.9 Å². The maximum absolute atomic E-state index is 5.78. The lowest BCUT2D eigenvalue weighted by molar-refractivity contribution is 0.148. The monoisotopic (exact) mass is 345 g/mol. The van der Waals surface area contributed by atoms with Gasteiger partial charge in [-0.3, -0.25) is 0 Å².